The van der Waals surface area contributed by atoms with Crippen molar-refractivity contribution in [3.8, 4) is 0 Å². The summed E-state index contributed by atoms with van der Waals surface area (Å²) in [7, 11) is 0. The Hall–Kier alpha value is -2.48. The molecular weight excluding hydrogens is 288 g/mol. The number of carbonyl (C=O) groups excluding carboxylic acids is 1. The van der Waals surface area contributed by atoms with Gasteiger partial charge in [0.25, 0.3) is 5.91 Å². The largest absolute Gasteiger partial charge is 0.480 e. The molecule has 2 rings (SSSR count). The second-order valence-electron chi connectivity index (χ2n) is 5.02. The van der Waals surface area contributed by atoms with E-state index in [1.807, 2.05) is 13.8 Å². The summed E-state index contributed by atoms with van der Waals surface area (Å²) in [5, 5.41) is 16.1. The van der Waals surface area contributed by atoms with Crippen molar-refractivity contribution in [1.29, 1.82) is 0 Å². The van der Waals surface area contributed by atoms with E-state index in [0.29, 0.717) is 5.56 Å². The second kappa shape index (κ2) is 6.99. The molecule has 0 atom stereocenters. The van der Waals surface area contributed by atoms with Crippen molar-refractivity contribution in [2.75, 3.05) is 19.8 Å². The second-order valence-corrected chi connectivity index (χ2v) is 5.02. The highest BCUT2D eigenvalue weighted by atomic mass is 16.5. The lowest BCUT2D eigenvalue weighted by Gasteiger charge is -2.07. The molecule has 1 amide bonds. The van der Waals surface area contributed by atoms with Crippen molar-refractivity contribution in [2.45, 2.75) is 19.9 Å². The fraction of sp³-hybridized carbons (Fsp3) is 0.429. The van der Waals surface area contributed by atoms with E-state index in [1.165, 1.54) is 6.20 Å². The van der Waals surface area contributed by atoms with Gasteiger partial charge in [0, 0.05) is 24.2 Å². The number of rotatable bonds is 7. The molecule has 0 radical (unpaired) electrons. The van der Waals surface area contributed by atoms with Crippen LogP contribution in [-0.4, -0.2) is 51.5 Å². The fourth-order valence-electron chi connectivity index (χ4n) is 1.94. The summed E-state index contributed by atoms with van der Waals surface area (Å²) < 4.78 is 6.63. The van der Waals surface area contributed by atoms with E-state index in [2.05, 4.69) is 15.4 Å². The number of nitrogens with zero attached hydrogens (tertiary/aromatic N) is 3. The zero-order valence-corrected chi connectivity index (χ0v) is 12.4. The van der Waals surface area contributed by atoms with Gasteiger partial charge in [-0.1, -0.05) is 0 Å². The predicted octanol–water partition coefficient (Wildman–Crippen LogP) is 0.843. The summed E-state index contributed by atoms with van der Waals surface area (Å²) in [6.07, 6.45) is 3.17. The van der Waals surface area contributed by atoms with Crippen molar-refractivity contribution in [2.24, 2.45) is 0 Å². The molecule has 0 aliphatic rings. The van der Waals surface area contributed by atoms with Crippen molar-refractivity contribution < 1.29 is 19.4 Å². The number of amides is 1. The van der Waals surface area contributed by atoms with Gasteiger partial charge in [-0.05, 0) is 19.9 Å². The number of aromatic nitrogens is 3. The summed E-state index contributed by atoms with van der Waals surface area (Å²) in [6, 6.07) is 1.91. The molecule has 2 heterocycles. The van der Waals surface area contributed by atoms with Gasteiger partial charge in [-0.25, -0.2) is 14.5 Å². The molecule has 0 saturated carbocycles. The summed E-state index contributed by atoms with van der Waals surface area (Å²) >= 11 is 0. The molecule has 0 spiro atoms. The Bertz CT molecular complexity index is 681. The lowest BCUT2D eigenvalue weighted by molar-refractivity contribution is -0.142. The lowest BCUT2D eigenvalue weighted by atomic mass is 10.2. The van der Waals surface area contributed by atoms with Crippen LogP contribution in [0, 0.1) is 0 Å². The van der Waals surface area contributed by atoms with Crippen LogP contribution in [0.1, 0.15) is 30.2 Å². The zero-order valence-electron chi connectivity index (χ0n) is 12.4. The third-order valence-electron chi connectivity index (χ3n) is 2.94. The van der Waals surface area contributed by atoms with Gasteiger partial charge < -0.3 is 15.2 Å². The Morgan fingerprint density at radius 1 is 1.41 bits per heavy atom. The molecule has 0 aliphatic heterocycles. The molecule has 8 heteroatoms. The summed E-state index contributed by atoms with van der Waals surface area (Å²) in [6.45, 7) is 4.00. The van der Waals surface area contributed by atoms with Crippen LogP contribution in [0.25, 0.3) is 11.0 Å². The van der Waals surface area contributed by atoms with Crippen LogP contribution < -0.4 is 5.32 Å². The molecule has 0 bridgehead atoms. The lowest BCUT2D eigenvalue weighted by Crippen LogP contribution is -2.28. The number of fused-ring (bicyclic) bond motifs is 1. The monoisotopic (exact) mass is 306 g/mol. The average Bonchev–Trinajstić information content (AvgIpc) is 2.89. The highest BCUT2D eigenvalue weighted by molar-refractivity contribution is 5.96. The van der Waals surface area contributed by atoms with E-state index in [0.717, 1.165) is 11.0 Å². The van der Waals surface area contributed by atoms with Crippen LogP contribution in [0.2, 0.25) is 0 Å². The van der Waals surface area contributed by atoms with Gasteiger partial charge in [-0.2, -0.15) is 5.10 Å². The molecule has 2 N–H and O–H groups in total. The number of pyridine rings is 1. The van der Waals surface area contributed by atoms with Gasteiger partial charge in [0.1, 0.15) is 6.61 Å². The van der Waals surface area contributed by atoms with Gasteiger partial charge in [0.05, 0.1) is 18.4 Å². The van der Waals surface area contributed by atoms with Crippen molar-refractivity contribution in [3.05, 3.63) is 24.0 Å². The quantitative estimate of drug-likeness (QED) is 0.734. The van der Waals surface area contributed by atoms with Crippen LogP contribution in [0.5, 0.6) is 0 Å². The maximum atomic E-state index is 12.0. The molecule has 22 heavy (non-hydrogen) atoms. The first-order chi connectivity index (χ1) is 10.5. The number of aliphatic carboxylic acids is 1. The Morgan fingerprint density at radius 2 is 2.18 bits per heavy atom. The van der Waals surface area contributed by atoms with Crippen molar-refractivity contribution in [3.63, 3.8) is 0 Å². The molecule has 2 aromatic rings. The first-order valence-electron chi connectivity index (χ1n) is 6.90. The van der Waals surface area contributed by atoms with Crippen LogP contribution >= 0.6 is 0 Å². The average molecular weight is 306 g/mol. The minimum atomic E-state index is -1.04. The molecule has 0 unspecified atom stereocenters. The number of carbonyl (C=O) groups is 2. The molecular formula is C14H18N4O4. The van der Waals surface area contributed by atoms with Gasteiger partial charge >= 0.3 is 5.97 Å². The Balaban J connectivity index is 1.96. The van der Waals surface area contributed by atoms with Gasteiger partial charge in [0.15, 0.2) is 5.65 Å². The van der Waals surface area contributed by atoms with E-state index in [4.69, 9.17) is 9.84 Å². The molecule has 0 aliphatic carbocycles. The van der Waals surface area contributed by atoms with Gasteiger partial charge in [0.2, 0.25) is 0 Å². The zero-order chi connectivity index (χ0) is 16.1. The first-order valence-corrected chi connectivity index (χ1v) is 6.90. The van der Waals surface area contributed by atoms with Crippen molar-refractivity contribution in [1.82, 2.24) is 20.1 Å². The standard InChI is InChI=1S/C14H18N4O4/c1-9(2)18-13-10(7-17-18)5-11(6-16-13)14(21)15-3-4-22-8-12(19)20/h5-7,9H,3-4,8H2,1-2H3,(H,15,21)(H,19,20). The van der Waals surface area contributed by atoms with E-state index in [-0.39, 0.29) is 31.7 Å². The SMILES string of the molecule is CC(C)n1ncc2cc(C(=O)NCCOCC(=O)O)cnc21. The van der Waals surface area contributed by atoms with Crippen LogP contribution in [0.3, 0.4) is 0 Å². The number of hydrogen-bond donors (Lipinski definition) is 2. The molecule has 8 nitrogen and oxygen atoms in total. The summed E-state index contributed by atoms with van der Waals surface area (Å²) in [5.41, 5.74) is 1.16. The summed E-state index contributed by atoms with van der Waals surface area (Å²) in [4.78, 5) is 26.5. The van der Waals surface area contributed by atoms with Crippen LogP contribution in [0.15, 0.2) is 18.5 Å². The normalized spacial score (nSPS) is 11.0. The predicted molar refractivity (Wildman–Crippen MR) is 78.7 cm³/mol. The number of carboxylic acids is 1. The fourth-order valence-corrected chi connectivity index (χ4v) is 1.94. The van der Waals surface area contributed by atoms with E-state index in [1.54, 1.807) is 16.9 Å². The Morgan fingerprint density at radius 3 is 2.86 bits per heavy atom. The van der Waals surface area contributed by atoms with Gasteiger partial charge in [-0.15, -0.1) is 0 Å². The number of nitrogens with one attached hydrogen (secondary N) is 1. The van der Waals surface area contributed by atoms with E-state index in [9.17, 15) is 9.59 Å². The molecule has 0 saturated heterocycles. The van der Waals surface area contributed by atoms with Crippen LogP contribution in [0.4, 0.5) is 0 Å². The van der Waals surface area contributed by atoms with Crippen LogP contribution in [-0.2, 0) is 9.53 Å². The molecule has 118 valence electrons. The smallest absolute Gasteiger partial charge is 0.329 e. The van der Waals surface area contributed by atoms with E-state index >= 15 is 0 Å². The third-order valence-corrected chi connectivity index (χ3v) is 2.94. The molecule has 0 fully saturated rings. The highest BCUT2D eigenvalue weighted by Crippen LogP contribution is 2.16. The van der Waals surface area contributed by atoms with Gasteiger partial charge in [-0.3, -0.25) is 4.79 Å². The minimum Gasteiger partial charge on any atom is -0.480 e. The first kappa shape index (κ1) is 15.9. The number of hydrogen-bond acceptors (Lipinski definition) is 5. The number of ether oxygens (including phenoxy) is 1. The van der Waals surface area contributed by atoms with E-state index < -0.39 is 5.97 Å². The number of carboxylic acid groups (broad SMARTS) is 1. The Labute approximate surface area is 127 Å². The topological polar surface area (TPSA) is 106 Å². The Kier molecular flexibility index (Phi) is 5.05. The highest BCUT2D eigenvalue weighted by Gasteiger charge is 2.11. The molecule has 0 aromatic carbocycles. The summed E-state index contributed by atoms with van der Waals surface area (Å²) in [5.74, 6) is -1.33. The minimum absolute atomic E-state index is 0.138. The maximum absolute atomic E-state index is 12.0. The maximum Gasteiger partial charge on any atom is 0.329 e. The third kappa shape index (κ3) is 3.79. The molecule has 2 aromatic heterocycles. The van der Waals surface area contributed by atoms with Crippen molar-refractivity contribution >= 4 is 22.9 Å².